The summed E-state index contributed by atoms with van der Waals surface area (Å²) >= 11 is 3.42. The number of carbonyl (C=O) groups is 2. The first-order valence-electron chi connectivity index (χ1n) is 13.8. The second kappa shape index (κ2) is 14.3. The number of rotatable bonds is 12. The Morgan fingerprint density at radius 2 is 1.47 bits per heavy atom. The normalized spacial score (nSPS) is 11.8. The van der Waals surface area contributed by atoms with Crippen molar-refractivity contribution >= 4 is 43.5 Å². The van der Waals surface area contributed by atoms with Crippen LogP contribution in [0.1, 0.15) is 25.0 Å². The second-order valence-electron chi connectivity index (χ2n) is 9.95. The number of hydrogen-bond donors (Lipinski definition) is 1. The SMILES string of the molecule is CCNC(=O)[C@H](C)N(Cc1ccc(Br)cc1)C(=O)CN(c1ccc(Oc2ccccc2)cc1)S(=O)(=O)c1ccc(C)cc1. The number of sulfonamides is 1. The van der Waals surface area contributed by atoms with Crippen molar-refractivity contribution in [3.8, 4) is 11.5 Å². The van der Waals surface area contributed by atoms with Crippen molar-refractivity contribution in [1.82, 2.24) is 10.2 Å². The van der Waals surface area contributed by atoms with Crippen molar-refractivity contribution in [3.63, 3.8) is 0 Å². The molecule has 0 saturated carbocycles. The van der Waals surface area contributed by atoms with E-state index < -0.39 is 28.5 Å². The van der Waals surface area contributed by atoms with Gasteiger partial charge in [-0.3, -0.25) is 13.9 Å². The predicted octanol–water partition coefficient (Wildman–Crippen LogP) is 6.30. The molecular formula is C33H34BrN3O5S. The minimum atomic E-state index is -4.17. The van der Waals surface area contributed by atoms with Gasteiger partial charge in [0, 0.05) is 17.6 Å². The van der Waals surface area contributed by atoms with Gasteiger partial charge in [0.2, 0.25) is 11.8 Å². The number of aryl methyl sites for hydroxylation is 1. The monoisotopic (exact) mass is 663 g/mol. The third kappa shape index (κ3) is 8.24. The molecule has 0 unspecified atom stereocenters. The zero-order valence-corrected chi connectivity index (χ0v) is 26.6. The van der Waals surface area contributed by atoms with E-state index in [2.05, 4.69) is 21.2 Å². The van der Waals surface area contributed by atoms with Crippen LogP contribution in [-0.4, -0.2) is 44.3 Å². The number of halogens is 1. The molecule has 0 heterocycles. The summed E-state index contributed by atoms with van der Waals surface area (Å²) < 4.78 is 35.9. The number of carbonyl (C=O) groups excluding carboxylic acids is 2. The summed E-state index contributed by atoms with van der Waals surface area (Å²) in [6, 6.07) is 28.7. The van der Waals surface area contributed by atoms with E-state index in [4.69, 9.17) is 4.74 Å². The lowest BCUT2D eigenvalue weighted by Crippen LogP contribution is -2.51. The van der Waals surface area contributed by atoms with Crippen LogP contribution in [0, 0.1) is 6.92 Å². The smallest absolute Gasteiger partial charge is 0.264 e. The molecule has 224 valence electrons. The third-order valence-corrected chi connectivity index (χ3v) is 9.09. The number of ether oxygens (including phenoxy) is 1. The van der Waals surface area contributed by atoms with Gasteiger partial charge in [-0.2, -0.15) is 0 Å². The zero-order valence-electron chi connectivity index (χ0n) is 24.2. The van der Waals surface area contributed by atoms with Crippen molar-refractivity contribution in [2.75, 3.05) is 17.4 Å². The van der Waals surface area contributed by atoms with Crippen molar-refractivity contribution in [2.45, 2.75) is 38.3 Å². The van der Waals surface area contributed by atoms with E-state index >= 15 is 0 Å². The van der Waals surface area contributed by atoms with Gasteiger partial charge in [0.05, 0.1) is 10.6 Å². The van der Waals surface area contributed by atoms with Gasteiger partial charge in [-0.1, -0.05) is 64.0 Å². The lowest BCUT2D eigenvalue weighted by Gasteiger charge is -2.32. The number of likely N-dealkylation sites (N-methyl/N-ethyl adjacent to an activating group) is 1. The number of para-hydroxylation sites is 1. The van der Waals surface area contributed by atoms with Gasteiger partial charge in [0.25, 0.3) is 10.0 Å². The van der Waals surface area contributed by atoms with Crippen molar-refractivity contribution in [2.24, 2.45) is 0 Å². The highest BCUT2D eigenvalue weighted by atomic mass is 79.9. The topological polar surface area (TPSA) is 96.0 Å². The molecule has 4 aromatic carbocycles. The van der Waals surface area contributed by atoms with Gasteiger partial charge in [0.15, 0.2) is 0 Å². The molecule has 0 saturated heterocycles. The van der Waals surface area contributed by atoms with Crippen LogP contribution in [0.25, 0.3) is 0 Å². The molecule has 0 aliphatic carbocycles. The Labute approximate surface area is 261 Å². The van der Waals surface area contributed by atoms with Crippen molar-refractivity contribution < 1.29 is 22.7 Å². The average molecular weight is 665 g/mol. The molecule has 0 radical (unpaired) electrons. The summed E-state index contributed by atoms with van der Waals surface area (Å²) in [6.07, 6.45) is 0. The quantitative estimate of drug-likeness (QED) is 0.192. The van der Waals surface area contributed by atoms with E-state index in [-0.39, 0.29) is 23.0 Å². The van der Waals surface area contributed by atoms with Crippen molar-refractivity contribution in [1.29, 1.82) is 0 Å². The van der Waals surface area contributed by atoms with Crippen LogP contribution in [0.5, 0.6) is 11.5 Å². The fourth-order valence-electron chi connectivity index (χ4n) is 4.36. The van der Waals surface area contributed by atoms with Crippen LogP contribution < -0.4 is 14.4 Å². The standard InChI is InChI=1S/C33H34BrN3O5S/c1-4-35-33(39)25(3)36(22-26-12-14-27(34)15-13-26)32(38)23-37(43(40,41)31-20-10-24(2)11-21-31)28-16-18-30(19-17-28)42-29-8-6-5-7-9-29/h5-21,25H,4,22-23H2,1-3H3,(H,35,39)/t25-/m0/s1. The molecule has 0 spiro atoms. The molecule has 2 amide bonds. The average Bonchev–Trinajstić information content (AvgIpc) is 3.00. The first-order chi connectivity index (χ1) is 20.6. The molecule has 0 aliphatic heterocycles. The van der Waals surface area contributed by atoms with E-state index in [1.54, 1.807) is 50.2 Å². The Balaban J connectivity index is 1.70. The molecule has 1 atom stereocenters. The minimum absolute atomic E-state index is 0.0479. The lowest BCUT2D eigenvalue weighted by atomic mass is 10.1. The summed E-state index contributed by atoms with van der Waals surface area (Å²) in [4.78, 5) is 28.3. The largest absolute Gasteiger partial charge is 0.457 e. The number of nitrogens with one attached hydrogen (secondary N) is 1. The first-order valence-corrected chi connectivity index (χ1v) is 16.1. The zero-order chi connectivity index (χ0) is 31.0. The van der Waals surface area contributed by atoms with Crippen LogP contribution >= 0.6 is 15.9 Å². The number of hydrogen-bond acceptors (Lipinski definition) is 5. The highest BCUT2D eigenvalue weighted by Gasteiger charge is 2.32. The van der Waals surface area contributed by atoms with Gasteiger partial charge in [-0.15, -0.1) is 0 Å². The highest BCUT2D eigenvalue weighted by Crippen LogP contribution is 2.29. The Kier molecular flexibility index (Phi) is 10.6. The van der Waals surface area contributed by atoms with Crippen molar-refractivity contribution in [3.05, 3.63) is 119 Å². The van der Waals surface area contributed by atoms with Gasteiger partial charge in [0.1, 0.15) is 24.1 Å². The number of anilines is 1. The van der Waals surface area contributed by atoms with Gasteiger partial charge < -0.3 is 15.0 Å². The van der Waals surface area contributed by atoms with Crippen LogP contribution in [0.3, 0.4) is 0 Å². The molecule has 0 aromatic heterocycles. The predicted molar refractivity (Wildman–Crippen MR) is 172 cm³/mol. The fraction of sp³-hybridized carbons (Fsp3) is 0.212. The lowest BCUT2D eigenvalue weighted by molar-refractivity contribution is -0.139. The highest BCUT2D eigenvalue weighted by molar-refractivity contribution is 9.10. The molecule has 0 fully saturated rings. The Hall–Kier alpha value is -4.15. The van der Waals surface area contributed by atoms with Crippen LogP contribution in [0.4, 0.5) is 5.69 Å². The Bertz CT molecular complexity index is 1630. The Morgan fingerprint density at radius 3 is 2.07 bits per heavy atom. The van der Waals surface area contributed by atoms with E-state index in [0.717, 1.165) is 19.9 Å². The molecule has 10 heteroatoms. The Morgan fingerprint density at radius 1 is 0.860 bits per heavy atom. The van der Waals surface area contributed by atoms with E-state index in [9.17, 15) is 18.0 Å². The molecule has 0 aliphatic rings. The first kappa shape index (κ1) is 31.8. The van der Waals surface area contributed by atoms with Crippen LogP contribution in [0.15, 0.2) is 112 Å². The van der Waals surface area contributed by atoms with Gasteiger partial charge >= 0.3 is 0 Å². The maximum Gasteiger partial charge on any atom is 0.264 e. The van der Waals surface area contributed by atoms with Crippen LogP contribution in [0.2, 0.25) is 0 Å². The number of nitrogens with zero attached hydrogens (tertiary/aromatic N) is 2. The van der Waals surface area contributed by atoms with E-state index in [1.165, 1.54) is 17.0 Å². The van der Waals surface area contributed by atoms with Gasteiger partial charge in [-0.05, 0) is 87.0 Å². The minimum Gasteiger partial charge on any atom is -0.457 e. The number of benzene rings is 4. The molecule has 43 heavy (non-hydrogen) atoms. The summed E-state index contributed by atoms with van der Waals surface area (Å²) in [7, 11) is -4.17. The molecule has 0 bridgehead atoms. The second-order valence-corrected chi connectivity index (χ2v) is 12.7. The summed E-state index contributed by atoms with van der Waals surface area (Å²) in [6.45, 7) is 5.30. The summed E-state index contributed by atoms with van der Waals surface area (Å²) in [5, 5.41) is 2.76. The summed E-state index contributed by atoms with van der Waals surface area (Å²) in [5.74, 6) is 0.290. The third-order valence-electron chi connectivity index (χ3n) is 6.78. The molecule has 4 aromatic rings. The molecule has 4 rings (SSSR count). The summed E-state index contributed by atoms with van der Waals surface area (Å²) in [5.41, 5.74) is 1.98. The maximum absolute atomic E-state index is 14.0. The fourth-order valence-corrected chi connectivity index (χ4v) is 6.04. The van der Waals surface area contributed by atoms with Gasteiger partial charge in [-0.25, -0.2) is 8.42 Å². The molecule has 8 nitrogen and oxygen atoms in total. The maximum atomic E-state index is 14.0. The molecular weight excluding hydrogens is 630 g/mol. The van der Waals surface area contributed by atoms with E-state index in [1.807, 2.05) is 61.5 Å². The number of amides is 2. The van der Waals surface area contributed by atoms with E-state index in [0.29, 0.717) is 18.0 Å². The molecule has 1 N–H and O–H groups in total. The van der Waals surface area contributed by atoms with Crippen LogP contribution in [-0.2, 0) is 26.2 Å².